The van der Waals surface area contributed by atoms with Crippen LogP contribution >= 0.6 is 27.3 Å². The van der Waals surface area contributed by atoms with Crippen molar-refractivity contribution in [2.24, 2.45) is 0 Å². The van der Waals surface area contributed by atoms with Gasteiger partial charge in [0.2, 0.25) is 0 Å². The van der Waals surface area contributed by atoms with Crippen molar-refractivity contribution in [1.29, 1.82) is 0 Å². The quantitative estimate of drug-likeness (QED) is 0.723. The van der Waals surface area contributed by atoms with Gasteiger partial charge in [-0.25, -0.2) is 9.97 Å². The fourth-order valence-electron chi connectivity index (χ4n) is 1.90. The molecule has 1 aromatic carbocycles. The highest BCUT2D eigenvalue weighted by Crippen LogP contribution is 2.15. The second-order valence-electron chi connectivity index (χ2n) is 4.20. The lowest BCUT2D eigenvalue weighted by Gasteiger charge is -2.04. The van der Waals surface area contributed by atoms with Crippen molar-refractivity contribution in [2.45, 2.75) is 13.5 Å². The van der Waals surface area contributed by atoms with E-state index in [1.54, 1.807) is 28.3 Å². The van der Waals surface area contributed by atoms with Crippen molar-refractivity contribution in [2.75, 3.05) is 0 Å². The fraction of sp³-hybridized carbons (Fsp3) is 0.154. The van der Waals surface area contributed by atoms with E-state index in [4.69, 9.17) is 0 Å². The molecule has 0 aliphatic heterocycles. The number of thiazole rings is 1. The van der Waals surface area contributed by atoms with Crippen LogP contribution in [-0.2, 0) is 6.54 Å². The Kier molecular flexibility index (Phi) is 3.20. The van der Waals surface area contributed by atoms with Crippen molar-refractivity contribution < 1.29 is 0 Å². The van der Waals surface area contributed by atoms with Crippen LogP contribution in [0.15, 0.2) is 39.2 Å². The number of hydrogen-bond donors (Lipinski definition) is 0. The van der Waals surface area contributed by atoms with Gasteiger partial charge in [-0.05, 0) is 25.1 Å². The zero-order valence-electron chi connectivity index (χ0n) is 10.1. The minimum Gasteiger partial charge on any atom is -0.293 e. The first-order valence-electron chi connectivity index (χ1n) is 5.69. The summed E-state index contributed by atoms with van der Waals surface area (Å²) in [5, 5.41) is 3.58. The molecule has 0 N–H and O–H groups in total. The first kappa shape index (κ1) is 12.5. The molecular formula is C13H10BrN3OS. The second-order valence-corrected chi connectivity index (χ2v) is 6.17. The molecule has 0 unspecified atom stereocenters. The fourth-order valence-corrected chi connectivity index (χ4v) is 2.86. The molecular weight excluding hydrogens is 326 g/mol. The van der Waals surface area contributed by atoms with Gasteiger partial charge in [-0.3, -0.25) is 9.36 Å². The molecule has 0 atom stereocenters. The summed E-state index contributed by atoms with van der Waals surface area (Å²) in [6.07, 6.45) is 1.58. The van der Waals surface area contributed by atoms with Crippen molar-refractivity contribution in [3.8, 4) is 0 Å². The largest absolute Gasteiger partial charge is 0.293 e. The zero-order chi connectivity index (χ0) is 13.4. The minimum absolute atomic E-state index is 0.0445. The van der Waals surface area contributed by atoms with Crippen LogP contribution in [0.25, 0.3) is 10.9 Å². The lowest BCUT2D eigenvalue weighted by atomic mass is 10.2. The van der Waals surface area contributed by atoms with E-state index in [2.05, 4.69) is 25.9 Å². The summed E-state index contributed by atoms with van der Waals surface area (Å²) in [7, 11) is 0. The van der Waals surface area contributed by atoms with Crippen molar-refractivity contribution in [3.63, 3.8) is 0 Å². The molecule has 2 aromatic heterocycles. The van der Waals surface area contributed by atoms with E-state index in [0.717, 1.165) is 15.2 Å². The van der Waals surface area contributed by atoms with Gasteiger partial charge in [0, 0.05) is 9.85 Å². The monoisotopic (exact) mass is 335 g/mol. The number of rotatable bonds is 2. The van der Waals surface area contributed by atoms with E-state index >= 15 is 0 Å². The maximum atomic E-state index is 12.4. The molecule has 0 aliphatic carbocycles. The van der Waals surface area contributed by atoms with Crippen LogP contribution in [0.5, 0.6) is 0 Å². The Morgan fingerprint density at radius 3 is 3.00 bits per heavy atom. The summed E-state index contributed by atoms with van der Waals surface area (Å²) in [6, 6.07) is 5.51. The van der Waals surface area contributed by atoms with Crippen molar-refractivity contribution in [3.05, 3.63) is 55.4 Å². The summed E-state index contributed by atoms with van der Waals surface area (Å²) >= 11 is 4.96. The summed E-state index contributed by atoms with van der Waals surface area (Å²) in [5.74, 6) is 0. The normalized spacial score (nSPS) is 11.1. The minimum atomic E-state index is -0.0445. The Balaban J connectivity index is 2.09. The smallest absolute Gasteiger partial charge is 0.261 e. The van der Waals surface area contributed by atoms with E-state index in [1.807, 2.05) is 24.4 Å². The molecule has 0 aliphatic rings. The highest BCUT2D eigenvalue weighted by atomic mass is 79.9. The van der Waals surface area contributed by atoms with E-state index in [-0.39, 0.29) is 5.56 Å². The standard InChI is InChI=1S/C13H10BrN3OS/c1-8-16-10(6-19-8)5-17-7-15-12-3-2-9(14)4-11(12)13(17)18/h2-4,6-7H,5H2,1H3. The molecule has 4 nitrogen and oxygen atoms in total. The number of halogens is 1. The van der Waals surface area contributed by atoms with Crippen LogP contribution in [0.4, 0.5) is 0 Å². The van der Waals surface area contributed by atoms with Gasteiger partial charge < -0.3 is 0 Å². The number of benzene rings is 1. The Hall–Kier alpha value is -1.53. The van der Waals surface area contributed by atoms with Crippen LogP contribution in [0.2, 0.25) is 0 Å². The van der Waals surface area contributed by atoms with E-state index < -0.39 is 0 Å². The number of hydrogen-bond acceptors (Lipinski definition) is 4. The van der Waals surface area contributed by atoms with Crippen LogP contribution in [-0.4, -0.2) is 14.5 Å². The van der Waals surface area contributed by atoms with Gasteiger partial charge in [-0.15, -0.1) is 11.3 Å². The predicted octanol–water partition coefficient (Wildman–Crippen LogP) is 2.97. The van der Waals surface area contributed by atoms with Crippen LogP contribution in [0.3, 0.4) is 0 Å². The Morgan fingerprint density at radius 2 is 2.26 bits per heavy atom. The van der Waals surface area contributed by atoms with E-state index in [1.165, 1.54) is 0 Å². The maximum absolute atomic E-state index is 12.4. The molecule has 0 spiro atoms. The van der Waals surface area contributed by atoms with Gasteiger partial charge in [0.05, 0.1) is 34.5 Å². The summed E-state index contributed by atoms with van der Waals surface area (Å²) in [6.45, 7) is 2.41. The molecule has 0 saturated carbocycles. The predicted molar refractivity (Wildman–Crippen MR) is 79.7 cm³/mol. The lowest BCUT2D eigenvalue weighted by molar-refractivity contribution is 0.732. The molecule has 0 amide bonds. The summed E-state index contributed by atoms with van der Waals surface area (Å²) in [4.78, 5) is 21.0. The molecule has 6 heteroatoms. The highest BCUT2D eigenvalue weighted by Gasteiger charge is 2.06. The molecule has 0 saturated heterocycles. The molecule has 3 aromatic rings. The first-order chi connectivity index (χ1) is 9.13. The molecule has 96 valence electrons. The number of aryl methyl sites for hydroxylation is 1. The summed E-state index contributed by atoms with van der Waals surface area (Å²) < 4.78 is 2.46. The van der Waals surface area contributed by atoms with Gasteiger partial charge in [0.1, 0.15) is 0 Å². The Morgan fingerprint density at radius 1 is 1.42 bits per heavy atom. The number of fused-ring (bicyclic) bond motifs is 1. The third-order valence-corrected chi connectivity index (χ3v) is 4.10. The van der Waals surface area contributed by atoms with Crippen LogP contribution in [0.1, 0.15) is 10.7 Å². The van der Waals surface area contributed by atoms with Crippen molar-refractivity contribution in [1.82, 2.24) is 14.5 Å². The maximum Gasteiger partial charge on any atom is 0.261 e. The SMILES string of the molecule is Cc1nc(Cn2cnc3ccc(Br)cc3c2=O)cs1. The molecule has 0 radical (unpaired) electrons. The molecule has 2 heterocycles. The Bertz CT molecular complexity index is 809. The van der Waals surface area contributed by atoms with E-state index in [9.17, 15) is 4.79 Å². The van der Waals surface area contributed by atoms with Gasteiger partial charge in [0.15, 0.2) is 0 Å². The number of aromatic nitrogens is 3. The van der Waals surface area contributed by atoms with Gasteiger partial charge >= 0.3 is 0 Å². The highest BCUT2D eigenvalue weighted by molar-refractivity contribution is 9.10. The first-order valence-corrected chi connectivity index (χ1v) is 7.36. The van der Waals surface area contributed by atoms with Crippen LogP contribution in [0, 0.1) is 6.92 Å². The lowest BCUT2D eigenvalue weighted by Crippen LogP contribution is -2.21. The van der Waals surface area contributed by atoms with Gasteiger partial charge in [0.25, 0.3) is 5.56 Å². The molecule has 19 heavy (non-hydrogen) atoms. The third-order valence-electron chi connectivity index (χ3n) is 2.78. The molecule has 0 fully saturated rings. The summed E-state index contributed by atoms with van der Waals surface area (Å²) in [5.41, 5.74) is 1.55. The third kappa shape index (κ3) is 2.46. The average Bonchev–Trinajstić information content (AvgIpc) is 2.79. The van der Waals surface area contributed by atoms with Crippen molar-refractivity contribution >= 4 is 38.2 Å². The van der Waals surface area contributed by atoms with Crippen LogP contribution < -0.4 is 5.56 Å². The van der Waals surface area contributed by atoms with Gasteiger partial charge in [-0.1, -0.05) is 15.9 Å². The van der Waals surface area contributed by atoms with E-state index in [0.29, 0.717) is 17.4 Å². The zero-order valence-corrected chi connectivity index (χ0v) is 12.5. The number of nitrogens with zero attached hydrogens (tertiary/aromatic N) is 3. The average molecular weight is 336 g/mol. The molecule has 3 rings (SSSR count). The topological polar surface area (TPSA) is 47.8 Å². The Labute approximate surface area is 121 Å². The second kappa shape index (κ2) is 4.86. The van der Waals surface area contributed by atoms with Gasteiger partial charge in [-0.2, -0.15) is 0 Å². The molecule has 0 bridgehead atoms.